The summed E-state index contributed by atoms with van der Waals surface area (Å²) < 4.78 is 2.17. The van der Waals surface area contributed by atoms with Crippen molar-refractivity contribution in [2.75, 3.05) is 6.54 Å². The zero-order valence-electron chi connectivity index (χ0n) is 12.1. The second-order valence-corrected chi connectivity index (χ2v) is 4.83. The molecule has 3 nitrogen and oxygen atoms in total. The maximum atomic E-state index is 4.42. The summed E-state index contributed by atoms with van der Waals surface area (Å²) in [6.45, 7) is 7.50. The van der Waals surface area contributed by atoms with Gasteiger partial charge in [-0.05, 0) is 37.6 Å². The molecule has 3 heteroatoms. The molecule has 1 unspecified atom stereocenters. The smallest absolute Gasteiger partial charge is 0.113 e. The molecule has 0 radical (unpaired) electrons. The monoisotopic (exact) mass is 257 g/mol. The highest BCUT2D eigenvalue weighted by molar-refractivity contribution is 5.36. The van der Waals surface area contributed by atoms with Crippen molar-refractivity contribution in [1.82, 2.24) is 14.9 Å². The summed E-state index contributed by atoms with van der Waals surface area (Å²) in [4.78, 5) is 4.42. The van der Waals surface area contributed by atoms with E-state index in [1.54, 1.807) is 0 Å². The van der Waals surface area contributed by atoms with Crippen molar-refractivity contribution in [2.24, 2.45) is 0 Å². The van der Waals surface area contributed by atoms with Gasteiger partial charge in [-0.1, -0.05) is 26.0 Å². The molecule has 0 spiro atoms. The largest absolute Gasteiger partial charge is 0.310 e. The molecule has 1 aromatic heterocycles. The first-order valence-electron chi connectivity index (χ1n) is 7.12. The van der Waals surface area contributed by atoms with Gasteiger partial charge >= 0.3 is 0 Å². The fourth-order valence-corrected chi connectivity index (χ4v) is 2.33. The lowest BCUT2D eigenvalue weighted by Crippen LogP contribution is -2.17. The van der Waals surface area contributed by atoms with Crippen LogP contribution in [0.15, 0.2) is 36.7 Å². The quantitative estimate of drug-likeness (QED) is 0.858. The summed E-state index contributed by atoms with van der Waals surface area (Å²) in [6.07, 6.45) is 6.04. The Hall–Kier alpha value is -1.61. The first-order valence-corrected chi connectivity index (χ1v) is 7.12. The van der Waals surface area contributed by atoms with Crippen molar-refractivity contribution in [3.05, 3.63) is 48.0 Å². The number of hydrogen-bond donors (Lipinski definition) is 1. The van der Waals surface area contributed by atoms with Crippen LogP contribution in [0, 0.1) is 0 Å². The molecule has 0 saturated heterocycles. The molecule has 0 aliphatic heterocycles. The first-order chi connectivity index (χ1) is 9.26. The SMILES string of the molecule is CCCc1nccn1-c1ccc(C(C)NCC)cc1. The van der Waals surface area contributed by atoms with Crippen molar-refractivity contribution in [2.45, 2.75) is 39.7 Å². The van der Waals surface area contributed by atoms with Crippen molar-refractivity contribution < 1.29 is 0 Å². The first kappa shape index (κ1) is 13.8. The van der Waals surface area contributed by atoms with Gasteiger partial charge in [0.1, 0.15) is 5.82 Å². The van der Waals surface area contributed by atoms with E-state index < -0.39 is 0 Å². The molecule has 1 atom stereocenters. The minimum Gasteiger partial charge on any atom is -0.310 e. The Morgan fingerprint density at radius 3 is 2.58 bits per heavy atom. The van der Waals surface area contributed by atoms with Crippen LogP contribution in [-0.4, -0.2) is 16.1 Å². The molecule has 2 rings (SSSR count). The van der Waals surface area contributed by atoms with E-state index in [1.165, 1.54) is 11.3 Å². The van der Waals surface area contributed by atoms with E-state index in [1.807, 2.05) is 12.4 Å². The van der Waals surface area contributed by atoms with Gasteiger partial charge in [0, 0.05) is 30.5 Å². The number of nitrogens with one attached hydrogen (secondary N) is 1. The second-order valence-electron chi connectivity index (χ2n) is 4.83. The van der Waals surface area contributed by atoms with E-state index in [2.05, 4.69) is 59.9 Å². The Bertz CT molecular complexity index is 499. The number of aromatic nitrogens is 2. The molecule has 0 saturated carbocycles. The summed E-state index contributed by atoms with van der Waals surface area (Å²) in [5, 5.41) is 3.43. The molecular weight excluding hydrogens is 234 g/mol. The van der Waals surface area contributed by atoms with E-state index in [0.29, 0.717) is 6.04 Å². The van der Waals surface area contributed by atoms with Crippen LogP contribution in [0.4, 0.5) is 0 Å². The average Bonchev–Trinajstić information content (AvgIpc) is 2.88. The van der Waals surface area contributed by atoms with Gasteiger partial charge in [-0.2, -0.15) is 0 Å². The van der Waals surface area contributed by atoms with E-state index in [0.717, 1.165) is 25.2 Å². The van der Waals surface area contributed by atoms with Crippen LogP contribution in [0.5, 0.6) is 0 Å². The number of rotatable bonds is 6. The van der Waals surface area contributed by atoms with Gasteiger partial charge in [0.2, 0.25) is 0 Å². The van der Waals surface area contributed by atoms with Crippen LogP contribution in [0.25, 0.3) is 5.69 Å². The Morgan fingerprint density at radius 2 is 1.95 bits per heavy atom. The van der Waals surface area contributed by atoms with E-state index in [-0.39, 0.29) is 0 Å². The van der Waals surface area contributed by atoms with Gasteiger partial charge < -0.3 is 9.88 Å². The summed E-state index contributed by atoms with van der Waals surface area (Å²) in [5.41, 5.74) is 2.51. The lowest BCUT2D eigenvalue weighted by Gasteiger charge is -2.14. The topological polar surface area (TPSA) is 29.9 Å². The van der Waals surface area contributed by atoms with Crippen LogP contribution < -0.4 is 5.32 Å². The minimum absolute atomic E-state index is 0.400. The normalized spacial score (nSPS) is 12.6. The Balaban J connectivity index is 2.20. The highest BCUT2D eigenvalue weighted by Crippen LogP contribution is 2.17. The van der Waals surface area contributed by atoms with Gasteiger partial charge in [-0.25, -0.2) is 4.98 Å². The molecule has 0 bridgehead atoms. The van der Waals surface area contributed by atoms with Crippen molar-refractivity contribution in [1.29, 1.82) is 0 Å². The molecule has 0 aliphatic rings. The summed E-state index contributed by atoms with van der Waals surface area (Å²) in [6, 6.07) is 9.13. The number of hydrogen-bond acceptors (Lipinski definition) is 2. The third kappa shape index (κ3) is 3.24. The second kappa shape index (κ2) is 6.53. The molecule has 0 fully saturated rings. The molecule has 1 heterocycles. The molecule has 1 aromatic carbocycles. The fourth-order valence-electron chi connectivity index (χ4n) is 2.33. The maximum absolute atomic E-state index is 4.42. The van der Waals surface area contributed by atoms with Crippen LogP contribution in [0.2, 0.25) is 0 Å². The van der Waals surface area contributed by atoms with Crippen molar-refractivity contribution in [3.63, 3.8) is 0 Å². The number of benzene rings is 1. The van der Waals surface area contributed by atoms with Crippen molar-refractivity contribution >= 4 is 0 Å². The number of nitrogens with zero attached hydrogens (tertiary/aromatic N) is 2. The highest BCUT2D eigenvalue weighted by Gasteiger charge is 2.06. The van der Waals surface area contributed by atoms with Crippen LogP contribution in [0.1, 0.15) is 44.6 Å². The average molecular weight is 257 g/mol. The zero-order valence-corrected chi connectivity index (χ0v) is 12.1. The maximum Gasteiger partial charge on any atom is 0.113 e. The number of aryl methyl sites for hydroxylation is 1. The predicted molar refractivity (Wildman–Crippen MR) is 79.7 cm³/mol. The Labute approximate surface area is 115 Å². The molecule has 0 aliphatic carbocycles. The third-order valence-electron chi connectivity index (χ3n) is 3.37. The van der Waals surface area contributed by atoms with Gasteiger partial charge in [0.05, 0.1) is 0 Å². The van der Waals surface area contributed by atoms with Crippen LogP contribution in [0.3, 0.4) is 0 Å². The molecule has 0 amide bonds. The third-order valence-corrected chi connectivity index (χ3v) is 3.37. The van der Waals surface area contributed by atoms with Gasteiger partial charge in [0.25, 0.3) is 0 Å². The van der Waals surface area contributed by atoms with Crippen LogP contribution >= 0.6 is 0 Å². The summed E-state index contributed by atoms with van der Waals surface area (Å²) >= 11 is 0. The van der Waals surface area contributed by atoms with Gasteiger partial charge in [-0.15, -0.1) is 0 Å². The highest BCUT2D eigenvalue weighted by atomic mass is 15.1. The lowest BCUT2D eigenvalue weighted by atomic mass is 10.1. The van der Waals surface area contributed by atoms with Crippen molar-refractivity contribution in [3.8, 4) is 5.69 Å². The van der Waals surface area contributed by atoms with E-state index in [9.17, 15) is 0 Å². The van der Waals surface area contributed by atoms with E-state index in [4.69, 9.17) is 0 Å². The summed E-state index contributed by atoms with van der Waals surface area (Å²) in [5.74, 6) is 1.13. The molecule has 102 valence electrons. The summed E-state index contributed by atoms with van der Waals surface area (Å²) in [7, 11) is 0. The van der Waals surface area contributed by atoms with Gasteiger partial charge in [-0.3, -0.25) is 0 Å². The standard InChI is InChI=1S/C16H23N3/c1-4-6-16-18-11-12-19(16)15-9-7-14(8-10-15)13(3)17-5-2/h7-13,17H,4-6H2,1-3H3. The predicted octanol–water partition coefficient (Wildman–Crippen LogP) is 3.50. The molecular formula is C16H23N3. The molecule has 2 aromatic rings. The fraction of sp³-hybridized carbons (Fsp3) is 0.438. The minimum atomic E-state index is 0.400. The van der Waals surface area contributed by atoms with Crippen LogP contribution in [-0.2, 0) is 6.42 Å². The molecule has 19 heavy (non-hydrogen) atoms. The van der Waals surface area contributed by atoms with Gasteiger partial charge in [0.15, 0.2) is 0 Å². The Kier molecular flexibility index (Phi) is 4.74. The molecule has 1 N–H and O–H groups in total. The Morgan fingerprint density at radius 1 is 1.21 bits per heavy atom. The number of imidazole rings is 1. The van der Waals surface area contributed by atoms with E-state index >= 15 is 0 Å². The lowest BCUT2D eigenvalue weighted by molar-refractivity contribution is 0.598. The zero-order chi connectivity index (χ0) is 13.7.